The highest BCUT2D eigenvalue weighted by Gasteiger charge is 2.51. The molecular weight excluding hydrogens is 356 g/mol. The third-order valence-electron chi connectivity index (χ3n) is 3.34. The molecule has 1 amide bonds. The maximum atomic E-state index is 11.9. The summed E-state index contributed by atoms with van der Waals surface area (Å²) in [7, 11) is 0. The molecule has 128 valence electrons. The fourth-order valence-electron chi connectivity index (χ4n) is 2.28. The molecule has 0 saturated carbocycles. The van der Waals surface area contributed by atoms with E-state index in [4.69, 9.17) is 27.0 Å². The van der Waals surface area contributed by atoms with Crippen LogP contribution in [-0.2, 0) is 9.53 Å². The highest BCUT2D eigenvalue weighted by atomic mass is 32.2. The average Bonchev–Trinajstić information content (AvgIpc) is 2.51. The molecule has 7 N–H and O–H groups in total. The molecule has 1 fully saturated rings. The standard InChI is InChI=1S/C12H14N6O4S2/c13-5-1-6(14)17-11(16-5)24-3-4-2-23-10-7(15)8(19)18(10)9(4)22-12(20)21/h1,7,10H,2-3,15H2,(H,20,21)(H4,13,14,16,17)/t7?,10-/m0/s1. The van der Waals surface area contributed by atoms with Crippen molar-refractivity contribution in [2.24, 2.45) is 5.73 Å². The number of hydrogen-bond acceptors (Lipinski definition) is 10. The first-order valence-electron chi connectivity index (χ1n) is 6.72. The Morgan fingerprint density at radius 3 is 2.75 bits per heavy atom. The van der Waals surface area contributed by atoms with Gasteiger partial charge in [0.2, 0.25) is 11.8 Å². The summed E-state index contributed by atoms with van der Waals surface area (Å²) in [6.45, 7) is 0. The first-order chi connectivity index (χ1) is 11.4. The molecule has 0 radical (unpaired) electrons. The van der Waals surface area contributed by atoms with Gasteiger partial charge < -0.3 is 27.0 Å². The molecule has 10 nitrogen and oxygen atoms in total. The fourth-order valence-corrected chi connectivity index (χ4v) is 4.55. The van der Waals surface area contributed by atoms with E-state index < -0.39 is 12.2 Å². The third kappa shape index (κ3) is 3.07. The van der Waals surface area contributed by atoms with Gasteiger partial charge in [-0.15, -0.1) is 11.8 Å². The Morgan fingerprint density at radius 1 is 1.46 bits per heavy atom. The van der Waals surface area contributed by atoms with Gasteiger partial charge in [-0.25, -0.2) is 14.8 Å². The zero-order chi connectivity index (χ0) is 17.4. The van der Waals surface area contributed by atoms with Crippen molar-refractivity contribution >= 4 is 47.2 Å². The normalized spacial score (nSPS) is 22.9. The SMILES string of the molecule is Nc1cc(N)nc(SCC2=C(OC(=O)O)N3C(=O)C(N)[C@@H]3SC2)n1. The predicted molar refractivity (Wildman–Crippen MR) is 88.8 cm³/mol. The number of hydrogen-bond donors (Lipinski definition) is 4. The van der Waals surface area contributed by atoms with Gasteiger partial charge >= 0.3 is 6.16 Å². The number of nitrogens with zero attached hydrogens (tertiary/aromatic N) is 3. The van der Waals surface area contributed by atoms with Crippen molar-refractivity contribution in [2.45, 2.75) is 16.6 Å². The summed E-state index contributed by atoms with van der Waals surface area (Å²) < 4.78 is 4.82. The van der Waals surface area contributed by atoms with E-state index in [2.05, 4.69) is 9.97 Å². The molecule has 0 bridgehead atoms. The molecule has 1 aromatic rings. The van der Waals surface area contributed by atoms with Crippen LogP contribution in [0.4, 0.5) is 16.4 Å². The molecule has 3 heterocycles. The maximum Gasteiger partial charge on any atom is 0.512 e. The molecule has 2 aliphatic heterocycles. The Hall–Kier alpha value is -2.18. The smallest absolute Gasteiger partial charge is 0.449 e. The Kier molecular flexibility index (Phi) is 4.43. The molecule has 1 unspecified atom stereocenters. The number of β-lactam (4-membered cyclic amide) rings is 1. The van der Waals surface area contributed by atoms with Gasteiger partial charge in [-0.2, -0.15) is 0 Å². The van der Waals surface area contributed by atoms with Crippen molar-refractivity contribution in [2.75, 3.05) is 23.0 Å². The lowest BCUT2D eigenvalue weighted by Crippen LogP contribution is -2.68. The van der Waals surface area contributed by atoms with E-state index in [1.54, 1.807) is 0 Å². The van der Waals surface area contributed by atoms with Crippen LogP contribution in [0.2, 0.25) is 0 Å². The minimum atomic E-state index is -1.49. The molecule has 12 heteroatoms. The summed E-state index contributed by atoms with van der Waals surface area (Å²) >= 11 is 2.67. The highest BCUT2D eigenvalue weighted by molar-refractivity contribution is 8.01. The van der Waals surface area contributed by atoms with Gasteiger partial charge in [-0.1, -0.05) is 11.8 Å². The number of nitrogen functional groups attached to an aromatic ring is 2. The number of amides is 1. The summed E-state index contributed by atoms with van der Waals surface area (Å²) in [5.74, 6) is 0.934. The van der Waals surface area contributed by atoms with Crippen molar-refractivity contribution in [1.82, 2.24) is 14.9 Å². The number of aromatic nitrogens is 2. The van der Waals surface area contributed by atoms with Crippen LogP contribution in [0.1, 0.15) is 0 Å². The minimum Gasteiger partial charge on any atom is -0.449 e. The number of rotatable bonds is 4. The fraction of sp³-hybridized carbons (Fsp3) is 0.333. The largest absolute Gasteiger partial charge is 0.512 e. The lowest BCUT2D eigenvalue weighted by molar-refractivity contribution is -0.144. The summed E-state index contributed by atoms with van der Waals surface area (Å²) in [5, 5.41) is 8.97. The van der Waals surface area contributed by atoms with E-state index in [1.165, 1.54) is 34.5 Å². The second-order valence-electron chi connectivity index (χ2n) is 5.00. The monoisotopic (exact) mass is 370 g/mol. The van der Waals surface area contributed by atoms with Crippen molar-refractivity contribution in [1.29, 1.82) is 0 Å². The molecule has 2 aliphatic rings. The Balaban J connectivity index is 1.81. The number of nitrogens with two attached hydrogens (primary N) is 3. The molecule has 24 heavy (non-hydrogen) atoms. The number of carbonyl (C=O) groups excluding carboxylic acids is 1. The van der Waals surface area contributed by atoms with Crippen LogP contribution in [0.5, 0.6) is 0 Å². The van der Waals surface area contributed by atoms with Crippen LogP contribution in [0.3, 0.4) is 0 Å². The quantitative estimate of drug-likeness (QED) is 0.241. The summed E-state index contributed by atoms with van der Waals surface area (Å²) in [5.41, 5.74) is 17.6. The van der Waals surface area contributed by atoms with Gasteiger partial charge in [-0.3, -0.25) is 9.69 Å². The zero-order valence-corrected chi connectivity index (χ0v) is 13.8. The third-order valence-corrected chi connectivity index (χ3v) is 5.63. The maximum absolute atomic E-state index is 11.9. The van der Waals surface area contributed by atoms with Crippen molar-refractivity contribution in [3.05, 3.63) is 17.5 Å². The second kappa shape index (κ2) is 6.37. The summed E-state index contributed by atoms with van der Waals surface area (Å²) in [4.78, 5) is 32.2. The number of carboxylic acid groups (broad SMARTS) is 1. The van der Waals surface area contributed by atoms with E-state index in [1.807, 2.05) is 0 Å². The molecule has 1 aromatic heterocycles. The van der Waals surface area contributed by atoms with Crippen molar-refractivity contribution in [3.63, 3.8) is 0 Å². The zero-order valence-electron chi connectivity index (χ0n) is 12.2. The van der Waals surface area contributed by atoms with E-state index in [-0.39, 0.29) is 28.8 Å². The highest BCUT2D eigenvalue weighted by Crippen LogP contribution is 2.40. The van der Waals surface area contributed by atoms with E-state index in [0.717, 1.165) is 0 Å². The Labute approximate surface area is 144 Å². The molecular formula is C12H14N6O4S2. The minimum absolute atomic E-state index is 0.0160. The van der Waals surface area contributed by atoms with Crippen molar-refractivity contribution < 1.29 is 19.4 Å². The van der Waals surface area contributed by atoms with Gasteiger partial charge in [0, 0.05) is 23.1 Å². The number of ether oxygens (including phenoxy) is 1. The molecule has 0 aromatic carbocycles. The second-order valence-corrected chi connectivity index (χ2v) is 7.05. The van der Waals surface area contributed by atoms with Crippen LogP contribution in [0, 0.1) is 0 Å². The van der Waals surface area contributed by atoms with Gasteiger partial charge in [0.25, 0.3) is 0 Å². The number of anilines is 2. The lowest BCUT2D eigenvalue weighted by atomic mass is 10.1. The van der Waals surface area contributed by atoms with Gasteiger partial charge in [-0.05, 0) is 0 Å². The Bertz CT molecular complexity index is 722. The van der Waals surface area contributed by atoms with Crippen LogP contribution >= 0.6 is 23.5 Å². The Morgan fingerprint density at radius 2 is 2.12 bits per heavy atom. The van der Waals surface area contributed by atoms with E-state index in [0.29, 0.717) is 22.2 Å². The number of thioether (sulfide) groups is 2. The van der Waals surface area contributed by atoms with Crippen LogP contribution in [-0.4, -0.2) is 55.0 Å². The molecule has 2 atom stereocenters. The number of fused-ring (bicyclic) bond motifs is 1. The van der Waals surface area contributed by atoms with E-state index in [9.17, 15) is 9.59 Å². The van der Waals surface area contributed by atoms with Crippen LogP contribution < -0.4 is 17.2 Å². The van der Waals surface area contributed by atoms with E-state index >= 15 is 0 Å². The topological polar surface area (TPSA) is 171 Å². The number of carbonyl (C=O) groups is 2. The predicted octanol–water partition coefficient (Wildman–Crippen LogP) is -0.118. The van der Waals surface area contributed by atoms with Crippen LogP contribution in [0.25, 0.3) is 0 Å². The molecule has 3 rings (SSSR count). The molecule has 0 aliphatic carbocycles. The first kappa shape index (κ1) is 16.7. The molecule has 0 spiro atoms. The van der Waals surface area contributed by atoms with Crippen molar-refractivity contribution in [3.8, 4) is 0 Å². The molecule has 1 saturated heterocycles. The summed E-state index contributed by atoms with van der Waals surface area (Å²) in [6, 6.07) is 0.789. The van der Waals surface area contributed by atoms with Gasteiger partial charge in [0.15, 0.2) is 5.16 Å². The van der Waals surface area contributed by atoms with Gasteiger partial charge in [0.1, 0.15) is 23.1 Å². The van der Waals surface area contributed by atoms with Gasteiger partial charge in [0.05, 0.1) is 0 Å². The van der Waals surface area contributed by atoms with Crippen LogP contribution in [0.15, 0.2) is 22.7 Å². The first-order valence-corrected chi connectivity index (χ1v) is 8.76. The lowest BCUT2D eigenvalue weighted by Gasteiger charge is -2.47. The average molecular weight is 370 g/mol. The summed E-state index contributed by atoms with van der Waals surface area (Å²) in [6.07, 6.45) is -1.49.